The molecule has 3 heterocycles. The summed E-state index contributed by atoms with van der Waals surface area (Å²) >= 11 is 0. The van der Waals surface area contributed by atoms with E-state index in [1.54, 1.807) is 59.0 Å². The predicted molar refractivity (Wildman–Crippen MR) is 230 cm³/mol. The van der Waals surface area contributed by atoms with E-state index in [0.717, 1.165) is 0 Å². The van der Waals surface area contributed by atoms with Crippen molar-refractivity contribution in [1.82, 2.24) is 31.1 Å². The first-order valence-corrected chi connectivity index (χ1v) is 22.1. The molecule has 18 nitrogen and oxygen atoms in total. The maximum absolute atomic E-state index is 14.7. The Balaban J connectivity index is 1.82. The van der Waals surface area contributed by atoms with Crippen LogP contribution in [0.2, 0.25) is 0 Å². The number of carbonyl (C=O) groups excluding carboxylic acids is 8. The van der Waals surface area contributed by atoms with Gasteiger partial charge < -0.3 is 50.4 Å². The maximum atomic E-state index is 14.7. The molecule has 3 aliphatic heterocycles. The number of aliphatic hydroxyl groups excluding tert-OH is 1. The van der Waals surface area contributed by atoms with E-state index in [1.807, 2.05) is 13.8 Å². The summed E-state index contributed by atoms with van der Waals surface area (Å²) in [5.74, 6) is -7.80. The van der Waals surface area contributed by atoms with Gasteiger partial charge in [0.15, 0.2) is 11.9 Å². The van der Waals surface area contributed by atoms with Crippen LogP contribution in [0.1, 0.15) is 93.1 Å². The van der Waals surface area contributed by atoms with Crippen molar-refractivity contribution in [3.63, 3.8) is 0 Å². The van der Waals surface area contributed by atoms with E-state index in [4.69, 9.17) is 14.2 Å². The first-order chi connectivity index (χ1) is 29.6. The van der Waals surface area contributed by atoms with E-state index in [1.165, 1.54) is 37.8 Å². The predicted octanol–water partition coefficient (Wildman–Crippen LogP) is 1.04. The van der Waals surface area contributed by atoms with Gasteiger partial charge in [0, 0.05) is 19.5 Å². The molecule has 3 saturated heterocycles. The van der Waals surface area contributed by atoms with Gasteiger partial charge in [0.1, 0.15) is 36.0 Å². The average Bonchev–Trinajstić information content (AvgIpc) is 3.71. The fourth-order valence-electron chi connectivity index (χ4n) is 8.58. The number of hydrogen-bond donors (Lipinski definition) is 5. The van der Waals surface area contributed by atoms with Crippen LogP contribution in [-0.4, -0.2) is 144 Å². The highest BCUT2D eigenvalue weighted by Gasteiger charge is 2.51. The van der Waals surface area contributed by atoms with Crippen molar-refractivity contribution in [2.24, 2.45) is 23.7 Å². The molecule has 13 atom stereocenters. The van der Waals surface area contributed by atoms with E-state index in [9.17, 15) is 43.5 Å². The van der Waals surface area contributed by atoms with E-state index in [-0.39, 0.29) is 31.2 Å². The van der Waals surface area contributed by atoms with Gasteiger partial charge in [-0.1, -0.05) is 53.2 Å². The van der Waals surface area contributed by atoms with E-state index < -0.39 is 126 Å². The second-order valence-electron chi connectivity index (χ2n) is 17.8. The van der Waals surface area contributed by atoms with Crippen LogP contribution in [0.5, 0.6) is 5.75 Å². The van der Waals surface area contributed by atoms with E-state index >= 15 is 0 Å². The highest BCUT2D eigenvalue weighted by atomic mass is 16.6. The van der Waals surface area contributed by atoms with Crippen molar-refractivity contribution in [3.05, 3.63) is 29.8 Å². The molecule has 1 aromatic carbocycles. The number of Topliss-reactive ketones (excluding diaryl/α,β-unsaturated/α-hetero) is 1. The summed E-state index contributed by atoms with van der Waals surface area (Å²) in [5.41, 5.74) is 0.634. The number of ketones is 1. The van der Waals surface area contributed by atoms with Gasteiger partial charge in [-0.15, -0.1) is 0 Å². The number of hydrogen-bond acceptors (Lipinski definition) is 13. The third-order valence-corrected chi connectivity index (χ3v) is 13.0. The van der Waals surface area contributed by atoms with Gasteiger partial charge in [0.25, 0.3) is 0 Å². The monoisotopic (exact) mass is 884 g/mol. The topological polar surface area (TPSA) is 239 Å². The Kier molecular flexibility index (Phi) is 17.6. The molecule has 63 heavy (non-hydrogen) atoms. The maximum Gasteiger partial charge on any atom is 0.329 e. The Bertz CT molecular complexity index is 1840. The molecule has 1 aromatic rings. The molecule has 3 aliphatic rings. The van der Waals surface area contributed by atoms with Crippen molar-refractivity contribution in [2.45, 2.75) is 155 Å². The quantitative estimate of drug-likeness (QED) is 0.172. The van der Waals surface area contributed by atoms with Gasteiger partial charge in [-0.2, -0.15) is 0 Å². The molecule has 0 radical (unpaired) electrons. The summed E-state index contributed by atoms with van der Waals surface area (Å²) in [6.07, 6.45) is -3.51. The Hall–Kier alpha value is -5.10. The number of rotatable bonds is 9. The molecule has 5 amide bonds. The minimum absolute atomic E-state index is 0.0430. The normalized spacial score (nSPS) is 31.7. The number of aliphatic hydroxyl groups is 1. The number of ether oxygens (including phenoxy) is 3. The lowest BCUT2D eigenvalue weighted by molar-refractivity contribution is -0.163. The summed E-state index contributed by atoms with van der Waals surface area (Å²) in [4.78, 5) is 115. The van der Waals surface area contributed by atoms with Crippen LogP contribution < -0.4 is 26.0 Å². The van der Waals surface area contributed by atoms with Crippen molar-refractivity contribution >= 4 is 47.3 Å². The number of esters is 2. The molecular weight excluding hydrogens is 817 g/mol. The van der Waals surface area contributed by atoms with Gasteiger partial charge in [-0.25, -0.2) is 4.79 Å². The molecule has 0 spiro atoms. The Morgan fingerprint density at radius 1 is 0.937 bits per heavy atom. The first kappa shape index (κ1) is 50.5. The summed E-state index contributed by atoms with van der Waals surface area (Å²) in [5, 5.41) is 22.5. The van der Waals surface area contributed by atoms with Gasteiger partial charge in [0.05, 0.1) is 37.6 Å². The number of benzene rings is 1. The van der Waals surface area contributed by atoms with Crippen LogP contribution >= 0.6 is 0 Å². The Morgan fingerprint density at radius 2 is 1.59 bits per heavy atom. The van der Waals surface area contributed by atoms with Gasteiger partial charge >= 0.3 is 11.9 Å². The van der Waals surface area contributed by atoms with Crippen LogP contribution in [0.25, 0.3) is 0 Å². The van der Waals surface area contributed by atoms with Gasteiger partial charge in [0.2, 0.25) is 29.5 Å². The summed E-state index contributed by atoms with van der Waals surface area (Å²) in [7, 11) is 4.50. The fourth-order valence-corrected chi connectivity index (χ4v) is 8.58. The van der Waals surface area contributed by atoms with Crippen LogP contribution in [0.15, 0.2) is 24.3 Å². The van der Waals surface area contributed by atoms with Crippen molar-refractivity contribution < 1.29 is 57.7 Å². The molecule has 350 valence electrons. The number of methoxy groups -OCH3 is 1. The Labute approximate surface area is 370 Å². The van der Waals surface area contributed by atoms with Crippen LogP contribution in [0.4, 0.5) is 0 Å². The number of carbonyl (C=O) groups is 8. The molecule has 0 saturated carbocycles. The van der Waals surface area contributed by atoms with Crippen molar-refractivity contribution in [1.29, 1.82) is 0 Å². The van der Waals surface area contributed by atoms with Crippen molar-refractivity contribution in [3.8, 4) is 5.75 Å². The minimum Gasteiger partial charge on any atom is -0.497 e. The largest absolute Gasteiger partial charge is 0.497 e. The lowest BCUT2D eigenvalue weighted by Crippen LogP contribution is -2.62. The van der Waals surface area contributed by atoms with Crippen molar-refractivity contribution in [2.75, 3.05) is 21.2 Å². The second-order valence-corrected chi connectivity index (χ2v) is 17.8. The highest BCUT2D eigenvalue weighted by Crippen LogP contribution is 2.37. The molecule has 0 aromatic heterocycles. The standard InChI is InChI=1S/C45H68N6O12/c1-12-23(4)36-34(52)21-35(53)63-39(22(2)3)38(54)25(6)40(55)47-30-19-24(5)31-17-18-32(51(31)43(30)58)44(59)50(10)33(20-28-13-15-29(61-11)16-14-28)45(60)62-27(8)37(42(57)48-36)49-41(56)26(7)46-9/h13-16,22-27,30-34,36-37,39,46,52H,12,17-21H2,1-11H3,(H,47,55)(H,48,57)(H,49,56)/t23-,24?,25-,26+,27+,30-,31?,32-,33-,34-,36+,37-,39-/m0/s1. The minimum atomic E-state index is -1.54. The zero-order valence-corrected chi connectivity index (χ0v) is 38.5. The number of likely N-dealkylation sites (N-methyl/N-ethyl adjacent to an activating group) is 2. The number of amides is 5. The fraction of sp³-hybridized carbons (Fsp3) is 0.689. The number of nitrogens with zero attached hydrogens (tertiary/aromatic N) is 2. The van der Waals surface area contributed by atoms with Crippen LogP contribution in [0.3, 0.4) is 0 Å². The molecule has 18 heteroatoms. The smallest absolute Gasteiger partial charge is 0.329 e. The summed E-state index contributed by atoms with van der Waals surface area (Å²) in [6.45, 7) is 13.1. The first-order valence-electron chi connectivity index (χ1n) is 22.1. The molecule has 0 aliphatic carbocycles. The van der Waals surface area contributed by atoms with Gasteiger partial charge in [-0.3, -0.25) is 33.6 Å². The third-order valence-electron chi connectivity index (χ3n) is 13.0. The number of fused-ring (bicyclic) bond motifs is 1. The molecule has 2 unspecified atom stereocenters. The molecule has 5 N–H and O–H groups in total. The summed E-state index contributed by atoms with van der Waals surface area (Å²) in [6, 6.07) is -0.247. The number of cyclic esters (lactones) is 2. The number of nitrogens with one attached hydrogen (secondary N) is 4. The molecular formula is C45H68N6O12. The van der Waals surface area contributed by atoms with Gasteiger partial charge in [-0.05, 0) is 82.5 Å². The Morgan fingerprint density at radius 3 is 2.17 bits per heavy atom. The van der Waals surface area contributed by atoms with E-state index in [0.29, 0.717) is 24.2 Å². The zero-order valence-electron chi connectivity index (χ0n) is 38.5. The third kappa shape index (κ3) is 11.9. The van der Waals surface area contributed by atoms with Crippen LogP contribution in [-0.2, 0) is 54.3 Å². The molecule has 3 fully saturated rings. The average molecular weight is 885 g/mol. The second kappa shape index (κ2) is 22.0. The SMILES string of the molecule is CC[C@H](C)[C@H]1NC(=O)[C@@H](NC(=O)[C@@H](C)NC)[C@@H](C)OC(=O)[C@H](Cc2ccc(OC)cc2)N(C)C(=O)[C@@H]2CCC3C(C)C[C@H](NC(=O)[C@@H](C)C(=O)[C@H](C(C)C)OC(=O)C[C@@H]1O)C(=O)N32. The lowest BCUT2D eigenvalue weighted by atomic mass is 9.87. The molecule has 4 rings (SSSR count). The molecule has 2 bridgehead atoms. The zero-order chi connectivity index (χ0) is 47.0. The highest BCUT2D eigenvalue weighted by molar-refractivity contribution is 6.05. The number of piperidine rings is 1. The summed E-state index contributed by atoms with van der Waals surface area (Å²) < 4.78 is 16.9. The van der Waals surface area contributed by atoms with E-state index in [2.05, 4.69) is 21.3 Å². The van der Waals surface area contributed by atoms with Crippen LogP contribution in [0, 0.1) is 23.7 Å². The lowest BCUT2D eigenvalue weighted by Gasteiger charge is -2.42.